The summed E-state index contributed by atoms with van der Waals surface area (Å²) >= 11 is 0. The zero-order valence-corrected chi connectivity index (χ0v) is 14.0. The van der Waals surface area contributed by atoms with Gasteiger partial charge in [0.1, 0.15) is 0 Å². The van der Waals surface area contributed by atoms with Gasteiger partial charge in [0.15, 0.2) is 0 Å². The molecule has 0 aliphatic heterocycles. The molecular formula is C19H19N3O2. The molecule has 0 aliphatic carbocycles. The molecule has 0 saturated carbocycles. The van der Waals surface area contributed by atoms with Crippen molar-refractivity contribution in [1.29, 1.82) is 5.26 Å². The summed E-state index contributed by atoms with van der Waals surface area (Å²) in [6, 6.07) is 14.2. The average molecular weight is 321 g/mol. The second kappa shape index (κ2) is 7.42. The summed E-state index contributed by atoms with van der Waals surface area (Å²) < 4.78 is 0. The molecule has 0 fully saturated rings. The summed E-state index contributed by atoms with van der Waals surface area (Å²) in [6.45, 7) is 3.80. The van der Waals surface area contributed by atoms with Crippen LogP contribution in [0.25, 0.3) is 0 Å². The number of nitriles is 1. The Hall–Kier alpha value is -3.13. The van der Waals surface area contributed by atoms with Crippen molar-refractivity contribution in [1.82, 2.24) is 4.90 Å². The number of hydrogen-bond donors (Lipinski definition) is 1. The van der Waals surface area contributed by atoms with Crippen LogP contribution in [0.1, 0.15) is 27.0 Å². The monoisotopic (exact) mass is 321 g/mol. The molecule has 0 saturated heterocycles. The van der Waals surface area contributed by atoms with Crippen LogP contribution in [0, 0.1) is 25.2 Å². The summed E-state index contributed by atoms with van der Waals surface area (Å²) in [5.74, 6) is -0.570. The number of anilines is 1. The molecule has 0 aliphatic rings. The van der Waals surface area contributed by atoms with E-state index in [1.807, 2.05) is 38.1 Å². The van der Waals surface area contributed by atoms with Gasteiger partial charge in [-0.25, -0.2) is 0 Å². The van der Waals surface area contributed by atoms with Crippen molar-refractivity contribution in [2.75, 3.05) is 18.9 Å². The van der Waals surface area contributed by atoms with E-state index >= 15 is 0 Å². The largest absolute Gasteiger partial charge is 0.332 e. The highest BCUT2D eigenvalue weighted by atomic mass is 16.2. The van der Waals surface area contributed by atoms with Crippen LogP contribution in [0.3, 0.4) is 0 Å². The first-order valence-corrected chi connectivity index (χ1v) is 7.53. The van der Waals surface area contributed by atoms with Crippen molar-refractivity contribution in [2.45, 2.75) is 13.8 Å². The van der Waals surface area contributed by atoms with Crippen LogP contribution in [0.4, 0.5) is 5.69 Å². The van der Waals surface area contributed by atoms with Crippen LogP contribution in [0.5, 0.6) is 0 Å². The third-order valence-corrected chi connectivity index (χ3v) is 3.63. The van der Waals surface area contributed by atoms with Crippen LogP contribution >= 0.6 is 0 Å². The maximum atomic E-state index is 12.4. The third kappa shape index (κ3) is 4.20. The Labute approximate surface area is 141 Å². The molecule has 0 spiro atoms. The molecule has 5 nitrogen and oxygen atoms in total. The predicted octanol–water partition coefficient (Wildman–Crippen LogP) is 2.89. The second-order valence-corrected chi connectivity index (χ2v) is 5.72. The smallest absolute Gasteiger partial charge is 0.254 e. The van der Waals surface area contributed by atoms with Gasteiger partial charge in [-0.1, -0.05) is 18.2 Å². The van der Waals surface area contributed by atoms with Gasteiger partial charge in [0.2, 0.25) is 5.91 Å². The first-order valence-electron chi connectivity index (χ1n) is 7.53. The van der Waals surface area contributed by atoms with E-state index in [1.165, 1.54) is 11.0 Å². The molecular weight excluding hydrogens is 302 g/mol. The Morgan fingerprint density at radius 3 is 2.62 bits per heavy atom. The van der Waals surface area contributed by atoms with Gasteiger partial charge in [0.05, 0.1) is 18.2 Å². The third-order valence-electron chi connectivity index (χ3n) is 3.63. The number of rotatable bonds is 4. The van der Waals surface area contributed by atoms with E-state index in [4.69, 9.17) is 5.26 Å². The molecule has 0 unspecified atom stereocenters. The first kappa shape index (κ1) is 17.2. The van der Waals surface area contributed by atoms with Gasteiger partial charge in [-0.2, -0.15) is 5.26 Å². The standard InChI is InChI=1S/C19H19N3O2/c1-13-7-8-14(2)17(9-13)21-18(23)12-22(3)19(24)16-6-4-5-15(10-16)11-20/h4-10H,12H2,1-3H3,(H,21,23). The fourth-order valence-corrected chi connectivity index (χ4v) is 2.29. The summed E-state index contributed by atoms with van der Waals surface area (Å²) in [5.41, 5.74) is 3.55. The molecule has 1 N–H and O–H groups in total. The highest BCUT2D eigenvalue weighted by molar-refractivity contribution is 5.99. The number of aryl methyl sites for hydroxylation is 2. The Morgan fingerprint density at radius 1 is 1.17 bits per heavy atom. The van der Waals surface area contributed by atoms with Gasteiger partial charge in [-0.3, -0.25) is 9.59 Å². The number of nitrogens with zero attached hydrogens (tertiary/aromatic N) is 2. The van der Waals surface area contributed by atoms with Crippen molar-refractivity contribution in [2.24, 2.45) is 0 Å². The molecule has 0 bridgehead atoms. The van der Waals surface area contributed by atoms with Crippen LogP contribution in [-0.4, -0.2) is 30.3 Å². The number of likely N-dealkylation sites (N-methyl/N-ethyl adjacent to an activating group) is 1. The molecule has 2 aromatic rings. The summed E-state index contributed by atoms with van der Waals surface area (Å²) in [7, 11) is 1.56. The molecule has 0 aromatic heterocycles. The van der Waals surface area contributed by atoms with E-state index in [0.29, 0.717) is 11.1 Å². The Bertz CT molecular complexity index is 822. The van der Waals surface area contributed by atoms with Crippen molar-refractivity contribution in [3.05, 3.63) is 64.7 Å². The lowest BCUT2D eigenvalue weighted by Gasteiger charge is -2.17. The number of hydrogen-bond acceptors (Lipinski definition) is 3. The van der Waals surface area contributed by atoms with Gasteiger partial charge in [0.25, 0.3) is 5.91 Å². The maximum Gasteiger partial charge on any atom is 0.254 e. The Kier molecular flexibility index (Phi) is 5.33. The maximum absolute atomic E-state index is 12.4. The molecule has 0 heterocycles. The highest BCUT2D eigenvalue weighted by Gasteiger charge is 2.16. The molecule has 2 rings (SSSR count). The molecule has 0 atom stereocenters. The second-order valence-electron chi connectivity index (χ2n) is 5.72. The predicted molar refractivity (Wildman–Crippen MR) is 92.7 cm³/mol. The molecule has 5 heteroatoms. The Morgan fingerprint density at radius 2 is 1.92 bits per heavy atom. The van der Waals surface area contributed by atoms with E-state index in [-0.39, 0.29) is 18.4 Å². The van der Waals surface area contributed by atoms with Gasteiger partial charge < -0.3 is 10.2 Å². The summed E-state index contributed by atoms with van der Waals surface area (Å²) in [4.78, 5) is 25.9. The highest BCUT2D eigenvalue weighted by Crippen LogP contribution is 2.16. The van der Waals surface area contributed by atoms with E-state index in [9.17, 15) is 9.59 Å². The molecule has 2 amide bonds. The SMILES string of the molecule is Cc1ccc(C)c(NC(=O)CN(C)C(=O)c2cccc(C#N)c2)c1. The van der Waals surface area contributed by atoms with Gasteiger partial charge in [0, 0.05) is 18.3 Å². The minimum Gasteiger partial charge on any atom is -0.332 e. The van der Waals surface area contributed by atoms with Crippen molar-refractivity contribution in [3.63, 3.8) is 0 Å². The van der Waals surface area contributed by atoms with Crippen molar-refractivity contribution in [3.8, 4) is 6.07 Å². The summed E-state index contributed by atoms with van der Waals surface area (Å²) in [6.07, 6.45) is 0. The number of benzene rings is 2. The first-order chi connectivity index (χ1) is 11.4. The van der Waals surface area contributed by atoms with Crippen molar-refractivity contribution >= 4 is 17.5 Å². The van der Waals surface area contributed by atoms with Crippen molar-refractivity contribution < 1.29 is 9.59 Å². The van der Waals surface area contributed by atoms with E-state index in [2.05, 4.69) is 5.32 Å². The number of carbonyl (C=O) groups is 2. The number of carbonyl (C=O) groups excluding carboxylic acids is 2. The number of nitrogens with one attached hydrogen (secondary N) is 1. The topological polar surface area (TPSA) is 73.2 Å². The quantitative estimate of drug-likeness (QED) is 0.941. The van der Waals surface area contributed by atoms with Crippen LogP contribution in [0.2, 0.25) is 0 Å². The molecule has 2 aromatic carbocycles. The average Bonchev–Trinajstić information content (AvgIpc) is 2.57. The van der Waals surface area contributed by atoms with E-state index < -0.39 is 0 Å². The lowest BCUT2D eigenvalue weighted by molar-refractivity contribution is -0.116. The zero-order valence-electron chi connectivity index (χ0n) is 14.0. The fourth-order valence-electron chi connectivity index (χ4n) is 2.29. The van der Waals surface area contributed by atoms with Gasteiger partial charge in [-0.15, -0.1) is 0 Å². The minimum atomic E-state index is -0.303. The molecule has 122 valence electrons. The minimum absolute atomic E-state index is 0.0665. The number of amides is 2. The van der Waals surface area contributed by atoms with Crippen LogP contribution in [-0.2, 0) is 4.79 Å². The molecule has 24 heavy (non-hydrogen) atoms. The van der Waals surface area contributed by atoms with E-state index in [1.54, 1.807) is 25.2 Å². The van der Waals surface area contributed by atoms with Crippen LogP contribution < -0.4 is 5.32 Å². The van der Waals surface area contributed by atoms with Crippen LogP contribution in [0.15, 0.2) is 42.5 Å². The zero-order chi connectivity index (χ0) is 17.7. The normalized spacial score (nSPS) is 9.92. The summed E-state index contributed by atoms with van der Waals surface area (Å²) in [5, 5.41) is 11.7. The van der Waals surface area contributed by atoms with Gasteiger partial charge in [-0.05, 0) is 49.2 Å². The lowest BCUT2D eigenvalue weighted by Crippen LogP contribution is -2.35. The lowest BCUT2D eigenvalue weighted by atomic mass is 10.1. The van der Waals surface area contributed by atoms with Gasteiger partial charge >= 0.3 is 0 Å². The Balaban J connectivity index is 2.04. The van der Waals surface area contributed by atoms with E-state index in [0.717, 1.165) is 16.8 Å². The molecule has 0 radical (unpaired) electrons. The fraction of sp³-hybridized carbons (Fsp3) is 0.211.